The van der Waals surface area contributed by atoms with Gasteiger partial charge in [0.15, 0.2) is 5.65 Å². The highest BCUT2D eigenvalue weighted by Crippen LogP contribution is 2.32. The van der Waals surface area contributed by atoms with E-state index in [1.807, 2.05) is 67.2 Å². The van der Waals surface area contributed by atoms with E-state index in [0.29, 0.717) is 33.7 Å². The van der Waals surface area contributed by atoms with Gasteiger partial charge in [-0.15, -0.1) is 0 Å². The molecule has 0 saturated carbocycles. The number of fused-ring (bicyclic) bond motifs is 1. The second-order valence-corrected chi connectivity index (χ2v) is 12.0. The molecule has 0 atom stereocenters. The number of carbonyl (C=O) groups excluding carboxylic acids is 1. The molecule has 0 radical (unpaired) electrons. The molecule has 6 rings (SSSR count). The van der Waals surface area contributed by atoms with Crippen molar-refractivity contribution < 1.29 is 9.18 Å². The maximum absolute atomic E-state index is 15.2. The number of anilines is 3. The van der Waals surface area contributed by atoms with Gasteiger partial charge in [0, 0.05) is 56.5 Å². The Balaban J connectivity index is 1.31. The van der Waals surface area contributed by atoms with E-state index in [0.717, 1.165) is 22.5 Å². The average molecular weight is 626 g/mol. The number of hydrogen-bond donors (Lipinski definition) is 1. The van der Waals surface area contributed by atoms with Gasteiger partial charge in [-0.3, -0.25) is 18.6 Å². The number of imidazole rings is 1. The molecule has 0 bridgehead atoms. The molecule has 4 heterocycles. The van der Waals surface area contributed by atoms with Gasteiger partial charge in [0.2, 0.25) is 0 Å². The molecule has 47 heavy (non-hydrogen) atoms. The summed E-state index contributed by atoms with van der Waals surface area (Å²) in [7, 11) is 5.62. The van der Waals surface area contributed by atoms with Crippen molar-refractivity contribution in [3.05, 3.63) is 113 Å². The van der Waals surface area contributed by atoms with Gasteiger partial charge in [0.25, 0.3) is 5.91 Å². The van der Waals surface area contributed by atoms with Crippen LogP contribution in [0, 0.1) is 35.9 Å². The first-order valence-corrected chi connectivity index (χ1v) is 14.8. The lowest BCUT2D eigenvalue weighted by Gasteiger charge is -2.19. The molecule has 10 nitrogen and oxygen atoms in total. The number of aryl methyl sites for hydroxylation is 3. The number of carbonyl (C=O) groups is 1. The van der Waals surface area contributed by atoms with E-state index in [2.05, 4.69) is 38.4 Å². The van der Waals surface area contributed by atoms with Gasteiger partial charge in [-0.05, 0) is 85.8 Å². The Morgan fingerprint density at radius 2 is 1.77 bits per heavy atom. The van der Waals surface area contributed by atoms with Gasteiger partial charge in [-0.1, -0.05) is 5.92 Å². The zero-order valence-corrected chi connectivity index (χ0v) is 26.9. The smallest absolute Gasteiger partial charge is 0.258 e. The average Bonchev–Trinajstić information content (AvgIpc) is 3.80. The minimum Gasteiger partial charge on any atom is -0.339 e. The summed E-state index contributed by atoms with van der Waals surface area (Å²) in [6, 6.07) is 14.4. The number of aromatic nitrogens is 6. The zero-order valence-electron chi connectivity index (χ0n) is 26.9. The van der Waals surface area contributed by atoms with Crippen molar-refractivity contribution in [2.45, 2.75) is 26.2 Å². The monoisotopic (exact) mass is 625 g/mol. The summed E-state index contributed by atoms with van der Waals surface area (Å²) in [5.74, 6) is 4.97. The zero-order chi connectivity index (χ0) is 33.5. The molecule has 6 aromatic rings. The van der Waals surface area contributed by atoms with Gasteiger partial charge in [0.05, 0.1) is 47.0 Å². The summed E-state index contributed by atoms with van der Waals surface area (Å²) in [4.78, 5) is 20.1. The highest BCUT2D eigenvalue weighted by atomic mass is 19.1. The van der Waals surface area contributed by atoms with Crippen LogP contribution >= 0.6 is 0 Å². The topological polar surface area (TPSA) is 109 Å². The van der Waals surface area contributed by atoms with Gasteiger partial charge in [-0.2, -0.15) is 15.5 Å². The Labute approximate surface area is 271 Å². The third-order valence-electron chi connectivity index (χ3n) is 8.07. The number of amides is 1. The number of hydrogen-bond acceptors (Lipinski definition) is 6. The minimum atomic E-state index is -0.831. The van der Waals surface area contributed by atoms with E-state index < -0.39 is 17.1 Å². The summed E-state index contributed by atoms with van der Waals surface area (Å²) in [6.07, 6.45) is 10.8. The largest absolute Gasteiger partial charge is 0.339 e. The van der Waals surface area contributed by atoms with Crippen molar-refractivity contribution >= 4 is 28.6 Å². The molecule has 0 fully saturated rings. The number of rotatable bonds is 6. The van der Waals surface area contributed by atoms with Crippen molar-refractivity contribution in [1.82, 2.24) is 28.9 Å². The quantitative estimate of drug-likeness (QED) is 0.223. The first-order valence-electron chi connectivity index (χ1n) is 14.8. The van der Waals surface area contributed by atoms with E-state index in [9.17, 15) is 10.1 Å². The molecular weight excluding hydrogens is 593 g/mol. The number of benzene rings is 2. The maximum atomic E-state index is 15.2. The van der Waals surface area contributed by atoms with E-state index in [1.54, 1.807) is 60.9 Å². The summed E-state index contributed by atoms with van der Waals surface area (Å²) < 4.78 is 20.5. The van der Waals surface area contributed by atoms with E-state index in [4.69, 9.17) is 0 Å². The van der Waals surface area contributed by atoms with Crippen LogP contribution in [0.2, 0.25) is 0 Å². The Bertz CT molecular complexity index is 2270. The Kier molecular flexibility index (Phi) is 7.84. The SMILES string of the molecule is Cc1cc(F)c(C(=O)Nc2cc(-c3cnn(C)c3)cc(C(C)(C)C#N)c2)cc1C#Cc1cnc2c(N(C)c3cnn(C)c3)cccn12. The van der Waals surface area contributed by atoms with Crippen LogP contribution in [-0.4, -0.2) is 41.9 Å². The summed E-state index contributed by atoms with van der Waals surface area (Å²) in [5.41, 5.74) is 5.98. The van der Waals surface area contributed by atoms with Crippen molar-refractivity contribution in [2.75, 3.05) is 17.3 Å². The van der Waals surface area contributed by atoms with Crippen LogP contribution in [0.5, 0.6) is 0 Å². The number of nitrogens with zero attached hydrogens (tertiary/aromatic N) is 8. The molecule has 1 amide bonds. The van der Waals surface area contributed by atoms with Crippen molar-refractivity contribution in [3.63, 3.8) is 0 Å². The molecule has 0 aliphatic heterocycles. The van der Waals surface area contributed by atoms with Crippen molar-refractivity contribution in [2.24, 2.45) is 14.1 Å². The highest BCUT2D eigenvalue weighted by Gasteiger charge is 2.23. The molecule has 4 aromatic heterocycles. The van der Waals surface area contributed by atoms with E-state index in [-0.39, 0.29) is 5.56 Å². The third kappa shape index (κ3) is 6.07. The molecule has 0 aliphatic rings. The van der Waals surface area contributed by atoms with Crippen LogP contribution in [-0.2, 0) is 19.5 Å². The Morgan fingerprint density at radius 3 is 2.47 bits per heavy atom. The molecule has 234 valence electrons. The van der Waals surface area contributed by atoms with Crippen LogP contribution in [0.1, 0.15) is 46.6 Å². The molecule has 0 spiro atoms. The number of pyridine rings is 1. The fourth-order valence-electron chi connectivity index (χ4n) is 5.24. The van der Waals surface area contributed by atoms with Gasteiger partial charge < -0.3 is 10.2 Å². The highest BCUT2D eigenvalue weighted by molar-refractivity contribution is 6.05. The molecule has 11 heteroatoms. The lowest BCUT2D eigenvalue weighted by atomic mass is 9.84. The number of nitriles is 1. The summed E-state index contributed by atoms with van der Waals surface area (Å²) in [5, 5.41) is 21.1. The van der Waals surface area contributed by atoms with Crippen LogP contribution in [0.3, 0.4) is 0 Å². The van der Waals surface area contributed by atoms with Gasteiger partial charge >= 0.3 is 0 Å². The summed E-state index contributed by atoms with van der Waals surface area (Å²) >= 11 is 0. The maximum Gasteiger partial charge on any atom is 0.258 e. The van der Waals surface area contributed by atoms with Crippen LogP contribution in [0.25, 0.3) is 16.8 Å². The van der Waals surface area contributed by atoms with Crippen LogP contribution in [0.15, 0.2) is 79.6 Å². The van der Waals surface area contributed by atoms with Crippen LogP contribution < -0.4 is 10.2 Å². The fraction of sp³-hybridized carbons (Fsp3) is 0.194. The van der Waals surface area contributed by atoms with E-state index >= 15 is 4.39 Å². The number of nitrogens with one attached hydrogen (secondary N) is 1. The Hall–Kier alpha value is -6.20. The minimum absolute atomic E-state index is 0.147. The molecule has 0 unspecified atom stereocenters. The summed E-state index contributed by atoms with van der Waals surface area (Å²) in [6.45, 7) is 5.35. The van der Waals surface area contributed by atoms with Gasteiger partial charge in [-0.25, -0.2) is 9.37 Å². The molecule has 2 aromatic carbocycles. The predicted octanol–water partition coefficient (Wildman–Crippen LogP) is 6.14. The second kappa shape index (κ2) is 12.0. The third-order valence-corrected chi connectivity index (χ3v) is 8.07. The van der Waals surface area contributed by atoms with Crippen molar-refractivity contribution in [1.29, 1.82) is 5.26 Å². The number of halogens is 1. The lowest BCUT2D eigenvalue weighted by molar-refractivity contribution is 0.102. The van der Waals surface area contributed by atoms with Gasteiger partial charge in [0.1, 0.15) is 11.5 Å². The second-order valence-electron chi connectivity index (χ2n) is 12.0. The molecular formula is C36H32FN9O. The van der Waals surface area contributed by atoms with Crippen molar-refractivity contribution in [3.8, 4) is 29.0 Å². The molecule has 0 saturated heterocycles. The first kappa shape index (κ1) is 30.8. The normalized spacial score (nSPS) is 11.2. The predicted molar refractivity (Wildman–Crippen MR) is 179 cm³/mol. The van der Waals surface area contributed by atoms with Crippen LogP contribution in [0.4, 0.5) is 21.5 Å². The molecule has 0 aliphatic carbocycles. The molecule has 1 N–H and O–H groups in total. The fourth-order valence-corrected chi connectivity index (χ4v) is 5.24. The lowest BCUT2D eigenvalue weighted by Crippen LogP contribution is -2.17. The standard InChI is InChI=1S/C36H32FN9O/c1-23-12-32(37)31(35(47)42-28-14-25(26-17-40-43(4)20-26)13-27(16-28)36(2,3)22-38)15-24(23)9-10-29-18-39-34-33(8-7-11-46(29)34)45(6)30-19-41-44(5)21-30/h7-8,11-21H,1-6H3,(H,42,47). The first-order chi connectivity index (χ1) is 22.4. The van der Waals surface area contributed by atoms with E-state index in [1.165, 1.54) is 12.1 Å². The Morgan fingerprint density at radius 1 is 1.00 bits per heavy atom.